The van der Waals surface area contributed by atoms with Gasteiger partial charge in [-0.15, -0.1) is 0 Å². The number of aryl methyl sites for hydroxylation is 1. The zero-order valence-electron chi connectivity index (χ0n) is 16.5. The quantitative estimate of drug-likeness (QED) is 0.600. The lowest BCUT2D eigenvalue weighted by Gasteiger charge is -2.29. The maximum Gasteiger partial charge on any atom is 0.338 e. The molecule has 1 aliphatic heterocycles. The zero-order chi connectivity index (χ0) is 20.3. The highest BCUT2D eigenvalue weighted by Gasteiger charge is 2.54. The molecule has 29 heavy (non-hydrogen) atoms. The van der Waals surface area contributed by atoms with E-state index < -0.39 is 17.6 Å². The summed E-state index contributed by atoms with van der Waals surface area (Å²) in [5.41, 5.74) is 2.68. The van der Waals surface area contributed by atoms with E-state index in [0.29, 0.717) is 12.3 Å². The van der Waals surface area contributed by atoms with Crippen molar-refractivity contribution in [2.24, 2.45) is 4.99 Å². The molecule has 2 atom stereocenters. The Bertz CT molecular complexity index is 1010. The average molecular weight is 385 g/mol. The number of carbonyl (C=O) groups excluding carboxylic acids is 1. The van der Waals surface area contributed by atoms with Crippen LogP contribution in [0.15, 0.2) is 89.9 Å². The largest absolute Gasteiger partial charge is 0.467 e. The first-order valence-corrected chi connectivity index (χ1v) is 9.63. The Morgan fingerprint density at radius 1 is 0.966 bits per heavy atom. The summed E-state index contributed by atoms with van der Waals surface area (Å²) in [5.74, 6) is 0.0532. The lowest BCUT2D eigenvalue weighted by molar-refractivity contribution is -0.149. The Hall–Kier alpha value is -3.40. The second-order valence-corrected chi connectivity index (χ2v) is 7.27. The lowest BCUT2D eigenvalue weighted by Crippen LogP contribution is -2.44. The third-order valence-electron chi connectivity index (χ3n) is 5.22. The minimum Gasteiger partial charge on any atom is -0.467 e. The van der Waals surface area contributed by atoms with Gasteiger partial charge in [-0.3, -0.25) is 0 Å². The maximum atomic E-state index is 13.1. The number of hydrogen-bond acceptors (Lipinski definition) is 4. The predicted octanol–water partition coefficient (Wildman–Crippen LogP) is 4.67. The SMILES string of the molecule is COC(=O)[C@@]1(Cc2ccccc2)N=C(c2ccc(C)cc2)O[C@H]1c1ccccc1. The van der Waals surface area contributed by atoms with E-state index in [4.69, 9.17) is 14.5 Å². The number of aliphatic imine (C=N–C) groups is 1. The van der Waals surface area contributed by atoms with Crippen molar-refractivity contribution in [3.63, 3.8) is 0 Å². The van der Waals surface area contributed by atoms with Gasteiger partial charge in [-0.1, -0.05) is 78.4 Å². The predicted molar refractivity (Wildman–Crippen MR) is 113 cm³/mol. The van der Waals surface area contributed by atoms with Crippen molar-refractivity contribution >= 4 is 11.9 Å². The van der Waals surface area contributed by atoms with Gasteiger partial charge in [0.1, 0.15) is 0 Å². The summed E-state index contributed by atoms with van der Waals surface area (Å²) in [7, 11) is 1.40. The summed E-state index contributed by atoms with van der Waals surface area (Å²) in [5, 5.41) is 0. The van der Waals surface area contributed by atoms with E-state index in [-0.39, 0.29) is 0 Å². The van der Waals surface area contributed by atoms with Crippen LogP contribution in [-0.4, -0.2) is 24.5 Å². The van der Waals surface area contributed by atoms with Gasteiger partial charge in [-0.25, -0.2) is 9.79 Å². The molecule has 0 saturated carbocycles. The molecule has 1 aliphatic rings. The van der Waals surface area contributed by atoms with E-state index in [1.165, 1.54) is 7.11 Å². The van der Waals surface area contributed by atoms with Crippen molar-refractivity contribution in [2.45, 2.75) is 25.0 Å². The van der Waals surface area contributed by atoms with Gasteiger partial charge in [0, 0.05) is 12.0 Å². The Balaban J connectivity index is 1.85. The molecule has 0 radical (unpaired) electrons. The van der Waals surface area contributed by atoms with Crippen LogP contribution in [0.4, 0.5) is 0 Å². The molecule has 3 aromatic carbocycles. The molecule has 0 spiro atoms. The molecule has 3 aromatic rings. The number of rotatable bonds is 5. The third-order valence-corrected chi connectivity index (χ3v) is 5.22. The van der Waals surface area contributed by atoms with Crippen LogP contribution in [0.2, 0.25) is 0 Å². The zero-order valence-corrected chi connectivity index (χ0v) is 16.5. The Labute approximate surface area is 170 Å². The molecular formula is C25H23NO3. The standard InChI is InChI=1S/C25H23NO3/c1-18-13-15-21(16-14-18)23-26-25(24(27)28-2,17-19-9-5-3-6-10-19)22(29-23)20-11-7-4-8-12-20/h3-16,22H,17H2,1-2H3/t22-,25-/m0/s1. The van der Waals surface area contributed by atoms with Crippen LogP contribution in [0.1, 0.15) is 28.4 Å². The smallest absolute Gasteiger partial charge is 0.338 e. The summed E-state index contributed by atoms with van der Waals surface area (Å²) < 4.78 is 11.6. The lowest BCUT2D eigenvalue weighted by atomic mass is 9.83. The van der Waals surface area contributed by atoms with Gasteiger partial charge in [0.05, 0.1) is 7.11 Å². The molecule has 4 rings (SSSR count). The maximum absolute atomic E-state index is 13.1. The van der Waals surface area contributed by atoms with E-state index in [1.54, 1.807) is 0 Å². The van der Waals surface area contributed by atoms with Gasteiger partial charge in [0.25, 0.3) is 0 Å². The summed E-state index contributed by atoms with van der Waals surface area (Å²) >= 11 is 0. The number of benzene rings is 3. The minimum absolute atomic E-state index is 0.384. The molecule has 4 heteroatoms. The Kier molecular flexibility index (Phi) is 5.17. The van der Waals surface area contributed by atoms with Crippen LogP contribution in [0.25, 0.3) is 0 Å². The Morgan fingerprint density at radius 3 is 2.21 bits per heavy atom. The van der Waals surface area contributed by atoms with Gasteiger partial charge in [0.2, 0.25) is 11.4 Å². The first-order valence-electron chi connectivity index (χ1n) is 9.63. The van der Waals surface area contributed by atoms with Crippen molar-refractivity contribution < 1.29 is 14.3 Å². The summed E-state index contributed by atoms with van der Waals surface area (Å²) in [6, 6.07) is 27.5. The molecule has 146 valence electrons. The molecule has 0 bridgehead atoms. The number of esters is 1. The highest BCUT2D eigenvalue weighted by Crippen LogP contribution is 2.42. The van der Waals surface area contributed by atoms with E-state index in [9.17, 15) is 4.79 Å². The highest BCUT2D eigenvalue weighted by molar-refractivity contribution is 5.99. The van der Waals surface area contributed by atoms with Crippen molar-refractivity contribution in [1.29, 1.82) is 0 Å². The fourth-order valence-corrected chi connectivity index (χ4v) is 3.72. The fourth-order valence-electron chi connectivity index (χ4n) is 3.72. The topological polar surface area (TPSA) is 47.9 Å². The van der Waals surface area contributed by atoms with Gasteiger partial charge < -0.3 is 9.47 Å². The molecule has 1 heterocycles. The first-order chi connectivity index (χ1) is 14.1. The van der Waals surface area contributed by atoms with Crippen molar-refractivity contribution in [1.82, 2.24) is 0 Å². The second-order valence-electron chi connectivity index (χ2n) is 7.27. The Morgan fingerprint density at radius 2 is 1.59 bits per heavy atom. The normalized spacial score (nSPS) is 20.6. The molecule has 0 aliphatic carbocycles. The molecule has 4 nitrogen and oxygen atoms in total. The van der Waals surface area contributed by atoms with Crippen LogP contribution in [0, 0.1) is 6.92 Å². The van der Waals surface area contributed by atoms with Gasteiger partial charge in [0.15, 0.2) is 6.10 Å². The van der Waals surface area contributed by atoms with Crippen LogP contribution < -0.4 is 0 Å². The van der Waals surface area contributed by atoms with Crippen molar-refractivity contribution in [2.75, 3.05) is 7.11 Å². The van der Waals surface area contributed by atoms with Crippen LogP contribution in [0.5, 0.6) is 0 Å². The van der Waals surface area contributed by atoms with Gasteiger partial charge >= 0.3 is 5.97 Å². The third kappa shape index (κ3) is 3.66. The number of carbonyl (C=O) groups is 1. The summed E-state index contributed by atoms with van der Waals surface area (Å²) in [6.07, 6.45) is -0.192. The minimum atomic E-state index is -1.20. The van der Waals surface area contributed by atoms with Crippen molar-refractivity contribution in [3.8, 4) is 0 Å². The summed E-state index contributed by atoms with van der Waals surface area (Å²) in [6.45, 7) is 2.03. The number of nitrogens with zero attached hydrogens (tertiary/aromatic N) is 1. The number of ether oxygens (including phenoxy) is 2. The molecule has 0 aromatic heterocycles. The van der Waals surface area contributed by atoms with E-state index in [2.05, 4.69) is 0 Å². The van der Waals surface area contributed by atoms with E-state index in [1.807, 2.05) is 91.9 Å². The molecule has 0 fully saturated rings. The van der Waals surface area contributed by atoms with Crippen molar-refractivity contribution in [3.05, 3.63) is 107 Å². The van der Waals surface area contributed by atoms with E-state index >= 15 is 0 Å². The first kappa shape index (κ1) is 18.9. The van der Waals surface area contributed by atoms with Gasteiger partial charge in [-0.2, -0.15) is 0 Å². The molecular weight excluding hydrogens is 362 g/mol. The molecule has 0 saturated heterocycles. The van der Waals surface area contributed by atoms with Crippen LogP contribution >= 0.6 is 0 Å². The second kappa shape index (κ2) is 7.92. The van der Waals surface area contributed by atoms with Crippen LogP contribution in [-0.2, 0) is 20.7 Å². The molecule has 0 amide bonds. The molecule has 0 N–H and O–H groups in total. The number of hydrogen-bond donors (Lipinski definition) is 0. The molecule has 0 unspecified atom stereocenters. The monoisotopic (exact) mass is 385 g/mol. The average Bonchev–Trinajstić information content (AvgIpc) is 3.15. The van der Waals surface area contributed by atoms with Gasteiger partial charge in [-0.05, 0) is 30.2 Å². The number of methoxy groups -OCH3 is 1. The van der Waals surface area contributed by atoms with E-state index in [0.717, 1.165) is 22.3 Å². The van der Waals surface area contributed by atoms with Crippen LogP contribution in [0.3, 0.4) is 0 Å². The highest BCUT2D eigenvalue weighted by atomic mass is 16.5. The fraction of sp³-hybridized carbons (Fsp3) is 0.200. The summed E-state index contributed by atoms with van der Waals surface area (Å²) in [4.78, 5) is 18.0.